The fourth-order valence-corrected chi connectivity index (χ4v) is 3.61. The van der Waals surface area contributed by atoms with Crippen molar-refractivity contribution in [1.82, 2.24) is 0 Å². The van der Waals surface area contributed by atoms with Crippen LogP contribution in [0.2, 0.25) is 4.34 Å². The quantitative estimate of drug-likeness (QED) is 0.784. The third-order valence-electron chi connectivity index (χ3n) is 2.41. The van der Waals surface area contributed by atoms with Crippen LogP contribution in [0.25, 0.3) is 0 Å². The molecule has 1 heterocycles. The van der Waals surface area contributed by atoms with E-state index in [1.54, 1.807) is 6.07 Å². The van der Waals surface area contributed by atoms with Crippen LogP contribution in [-0.2, 0) is 6.42 Å². The zero-order valence-electron chi connectivity index (χ0n) is 8.79. The van der Waals surface area contributed by atoms with Gasteiger partial charge in [0.05, 0.1) is 4.34 Å². The van der Waals surface area contributed by atoms with Gasteiger partial charge in [0.25, 0.3) is 0 Å². The Morgan fingerprint density at radius 3 is 2.71 bits per heavy atom. The first-order valence-electron chi connectivity index (χ1n) is 5.01. The number of thiophene rings is 1. The Balaban J connectivity index is 2.17. The summed E-state index contributed by atoms with van der Waals surface area (Å²) < 4.78 is 14.6. The van der Waals surface area contributed by atoms with Gasteiger partial charge in [-0.3, -0.25) is 0 Å². The minimum atomic E-state index is -0.232. The summed E-state index contributed by atoms with van der Waals surface area (Å²) in [4.78, 5) is 1.14. The molecule has 0 saturated heterocycles. The normalized spacial score (nSPS) is 12.7. The van der Waals surface area contributed by atoms with E-state index in [1.165, 1.54) is 23.5 Å². The fraction of sp³-hybridized carbons (Fsp3) is 0.167. The molecular weight excluding hydrogens is 372 g/mol. The van der Waals surface area contributed by atoms with Crippen LogP contribution in [0, 0.1) is 9.39 Å². The minimum absolute atomic E-state index is 0.128. The smallest absolute Gasteiger partial charge is 0.124 e. The van der Waals surface area contributed by atoms with Gasteiger partial charge in [-0.15, -0.1) is 11.3 Å². The average Bonchev–Trinajstić information content (AvgIpc) is 2.63. The third-order valence-corrected chi connectivity index (χ3v) is 4.60. The highest BCUT2D eigenvalue weighted by Crippen LogP contribution is 2.27. The summed E-state index contributed by atoms with van der Waals surface area (Å²) in [7, 11) is 0. The highest BCUT2D eigenvalue weighted by atomic mass is 127. The van der Waals surface area contributed by atoms with Gasteiger partial charge in [0, 0.05) is 20.9 Å². The predicted octanol–water partition coefficient (Wildman–Crippen LogP) is 4.39. The van der Waals surface area contributed by atoms with Crippen LogP contribution < -0.4 is 5.73 Å². The number of halogens is 3. The molecule has 2 N–H and O–H groups in total. The molecule has 0 aliphatic heterocycles. The van der Waals surface area contributed by atoms with Crippen molar-refractivity contribution < 1.29 is 4.39 Å². The molecule has 1 atom stereocenters. The maximum absolute atomic E-state index is 13.0. The second-order valence-corrected chi connectivity index (χ2v) is 6.64. The first-order chi connectivity index (χ1) is 8.06. The first-order valence-corrected chi connectivity index (χ1v) is 7.28. The molecule has 2 aromatic rings. The van der Waals surface area contributed by atoms with E-state index < -0.39 is 0 Å². The summed E-state index contributed by atoms with van der Waals surface area (Å²) in [5.74, 6) is -0.232. The van der Waals surface area contributed by atoms with Crippen LogP contribution in [-0.4, -0.2) is 0 Å². The molecular formula is C12H10ClFINS. The van der Waals surface area contributed by atoms with E-state index in [-0.39, 0.29) is 11.9 Å². The molecule has 0 aliphatic carbocycles. The molecule has 2 rings (SSSR count). The number of hydrogen-bond acceptors (Lipinski definition) is 2. The third kappa shape index (κ3) is 3.40. The summed E-state index contributed by atoms with van der Waals surface area (Å²) in [5, 5.41) is 0. The fourth-order valence-electron chi connectivity index (χ4n) is 1.59. The zero-order valence-corrected chi connectivity index (χ0v) is 12.5. The van der Waals surface area contributed by atoms with Crippen LogP contribution in [0.1, 0.15) is 16.5 Å². The lowest BCUT2D eigenvalue weighted by molar-refractivity contribution is 0.623. The highest BCUT2D eigenvalue weighted by molar-refractivity contribution is 14.1. The van der Waals surface area contributed by atoms with Gasteiger partial charge in [-0.05, 0) is 52.4 Å². The van der Waals surface area contributed by atoms with Gasteiger partial charge < -0.3 is 5.73 Å². The second-order valence-electron chi connectivity index (χ2n) is 3.68. The van der Waals surface area contributed by atoms with Gasteiger partial charge >= 0.3 is 0 Å². The van der Waals surface area contributed by atoms with Crippen LogP contribution in [0.3, 0.4) is 0 Å². The van der Waals surface area contributed by atoms with Crippen LogP contribution in [0.4, 0.5) is 4.39 Å². The summed E-state index contributed by atoms with van der Waals surface area (Å²) in [6.07, 6.45) is 0.721. The van der Waals surface area contributed by atoms with Crippen molar-refractivity contribution in [2.24, 2.45) is 5.73 Å². The van der Waals surface area contributed by atoms with Gasteiger partial charge in [0.15, 0.2) is 0 Å². The Hall–Kier alpha value is -0.170. The van der Waals surface area contributed by atoms with Gasteiger partial charge in [0.1, 0.15) is 5.82 Å². The SMILES string of the molecule is NC(Cc1ccc(Cl)s1)c1ccc(F)cc1I. The topological polar surface area (TPSA) is 26.0 Å². The number of nitrogens with two attached hydrogens (primary N) is 1. The molecule has 0 fully saturated rings. The predicted molar refractivity (Wildman–Crippen MR) is 79.1 cm³/mol. The zero-order chi connectivity index (χ0) is 12.4. The average molecular weight is 382 g/mol. The molecule has 17 heavy (non-hydrogen) atoms. The summed E-state index contributed by atoms with van der Waals surface area (Å²) in [6.45, 7) is 0. The Kier molecular flexibility index (Phi) is 4.41. The molecule has 0 amide bonds. The van der Waals surface area contributed by atoms with E-state index in [9.17, 15) is 4.39 Å². The molecule has 1 aromatic heterocycles. The van der Waals surface area contributed by atoms with Crippen LogP contribution >= 0.6 is 45.5 Å². The lowest BCUT2D eigenvalue weighted by Crippen LogP contribution is -2.14. The largest absolute Gasteiger partial charge is 0.324 e. The molecule has 1 aromatic carbocycles. The van der Waals surface area contributed by atoms with Crippen molar-refractivity contribution in [3.63, 3.8) is 0 Å². The molecule has 0 radical (unpaired) electrons. The molecule has 5 heteroatoms. The lowest BCUT2D eigenvalue weighted by atomic mass is 10.0. The lowest BCUT2D eigenvalue weighted by Gasteiger charge is -2.12. The number of rotatable bonds is 3. The summed E-state index contributed by atoms with van der Waals surface area (Å²) in [5.41, 5.74) is 7.09. The molecule has 0 aliphatic rings. The Labute approximate surface area is 122 Å². The standard InChI is InChI=1S/C12H10ClFINS/c13-12-4-2-8(17-12)6-11(16)9-3-1-7(14)5-10(9)15/h1-5,11H,6,16H2. The number of hydrogen-bond donors (Lipinski definition) is 1. The van der Waals surface area contributed by atoms with E-state index in [4.69, 9.17) is 17.3 Å². The minimum Gasteiger partial charge on any atom is -0.324 e. The van der Waals surface area contributed by atoms with Gasteiger partial charge in [-0.2, -0.15) is 0 Å². The second kappa shape index (κ2) is 5.65. The Bertz CT molecular complexity index is 529. The van der Waals surface area contributed by atoms with E-state index >= 15 is 0 Å². The molecule has 1 unspecified atom stereocenters. The summed E-state index contributed by atoms with van der Waals surface area (Å²) in [6, 6.07) is 8.40. The van der Waals surface area contributed by atoms with Crippen molar-refractivity contribution in [3.8, 4) is 0 Å². The molecule has 0 spiro atoms. The highest BCUT2D eigenvalue weighted by Gasteiger charge is 2.12. The Morgan fingerprint density at radius 1 is 1.35 bits per heavy atom. The van der Waals surface area contributed by atoms with Crippen LogP contribution in [0.15, 0.2) is 30.3 Å². The van der Waals surface area contributed by atoms with Gasteiger partial charge in [-0.25, -0.2) is 4.39 Å². The molecule has 0 bridgehead atoms. The van der Waals surface area contributed by atoms with Crippen molar-refractivity contribution in [3.05, 3.63) is 54.5 Å². The van der Waals surface area contributed by atoms with Crippen molar-refractivity contribution in [2.45, 2.75) is 12.5 Å². The van der Waals surface area contributed by atoms with E-state index in [1.807, 2.05) is 12.1 Å². The first kappa shape index (κ1) is 13.3. The molecule has 1 nitrogen and oxygen atoms in total. The van der Waals surface area contributed by atoms with Crippen molar-refractivity contribution in [1.29, 1.82) is 0 Å². The maximum Gasteiger partial charge on any atom is 0.124 e. The van der Waals surface area contributed by atoms with E-state index in [2.05, 4.69) is 22.6 Å². The Morgan fingerprint density at radius 2 is 2.12 bits per heavy atom. The molecule has 0 saturated carbocycles. The maximum atomic E-state index is 13.0. The monoisotopic (exact) mass is 381 g/mol. The van der Waals surface area contributed by atoms with Crippen molar-refractivity contribution in [2.75, 3.05) is 0 Å². The van der Waals surface area contributed by atoms with Gasteiger partial charge in [0.2, 0.25) is 0 Å². The van der Waals surface area contributed by atoms with Gasteiger partial charge in [-0.1, -0.05) is 17.7 Å². The number of benzene rings is 1. The summed E-state index contributed by atoms with van der Waals surface area (Å²) >= 11 is 9.50. The van der Waals surface area contributed by atoms with E-state index in [0.29, 0.717) is 0 Å². The molecule has 90 valence electrons. The van der Waals surface area contributed by atoms with E-state index in [0.717, 1.165) is 24.8 Å². The van der Waals surface area contributed by atoms with Crippen molar-refractivity contribution >= 4 is 45.5 Å². The van der Waals surface area contributed by atoms with Crippen LogP contribution in [0.5, 0.6) is 0 Å².